The molecule has 0 saturated heterocycles. The fourth-order valence-electron chi connectivity index (χ4n) is 12.9. The molecule has 8 aromatic rings. The van der Waals surface area contributed by atoms with Gasteiger partial charge in [-0.1, -0.05) is 143 Å². The van der Waals surface area contributed by atoms with Crippen LogP contribution in [0.5, 0.6) is 0 Å². The predicted octanol–water partition coefficient (Wildman–Crippen LogP) is 15.9. The summed E-state index contributed by atoms with van der Waals surface area (Å²) >= 11 is 0. The molecule has 0 fully saturated rings. The van der Waals surface area contributed by atoms with Gasteiger partial charge in [0.1, 0.15) is 11.2 Å². The third kappa shape index (κ3) is 6.24. The van der Waals surface area contributed by atoms with Crippen LogP contribution in [0.15, 0.2) is 126 Å². The molecule has 4 aliphatic rings. The van der Waals surface area contributed by atoms with Crippen molar-refractivity contribution in [2.24, 2.45) is 0 Å². The Labute approximate surface area is 405 Å². The van der Waals surface area contributed by atoms with Crippen LogP contribution >= 0.6 is 0 Å². The Morgan fingerprint density at radius 2 is 1.00 bits per heavy atom. The van der Waals surface area contributed by atoms with Crippen molar-refractivity contribution in [1.82, 2.24) is 0 Å². The Kier molecular flexibility index (Phi) is 9.10. The zero-order chi connectivity index (χ0) is 47.6. The summed E-state index contributed by atoms with van der Waals surface area (Å²) in [5, 5.41) is 2.43. The molecule has 0 unspecified atom stereocenters. The smallest absolute Gasteiger partial charge is 0.257 e. The molecular weight excluding hydrogens is 824 g/mol. The monoisotopic (exact) mass is 891 g/mol. The molecule has 0 bridgehead atoms. The van der Waals surface area contributed by atoms with E-state index in [1.165, 1.54) is 118 Å². The van der Waals surface area contributed by atoms with Gasteiger partial charge >= 0.3 is 0 Å². The van der Waals surface area contributed by atoms with E-state index in [9.17, 15) is 0 Å². The highest BCUT2D eigenvalue weighted by atomic mass is 16.3. The number of hydrogen-bond acceptors (Lipinski definition) is 3. The Balaban J connectivity index is 1.26. The number of furan rings is 1. The van der Waals surface area contributed by atoms with Gasteiger partial charge in [0.05, 0.1) is 0 Å². The van der Waals surface area contributed by atoms with E-state index in [0.717, 1.165) is 30.4 Å². The Hall–Kier alpha value is -6.00. The Bertz CT molecular complexity index is 3430. The van der Waals surface area contributed by atoms with E-state index in [4.69, 9.17) is 4.42 Å². The van der Waals surface area contributed by atoms with Crippen LogP contribution in [0, 0.1) is 13.8 Å². The average Bonchev–Trinajstić information content (AvgIpc) is 3.67. The quantitative estimate of drug-likeness (QED) is 0.165. The van der Waals surface area contributed by atoms with E-state index >= 15 is 0 Å². The second-order valence-electron chi connectivity index (χ2n) is 24.8. The SMILES string of the molecule is Cc1cc(C(C)(C)C)ccc1N1c2cc3c(cc2B2c4c1cc(-c1ccccc1)cc4N(c1ccccc1C)c1ccc4c(oc5cc6c(cc54)C(C)(C)CCC6(C)C)c12)C(C)(C)CCC3(C)C. The Morgan fingerprint density at radius 3 is 1.62 bits per heavy atom. The molecule has 0 radical (unpaired) electrons. The predicted molar refractivity (Wildman–Crippen MR) is 292 cm³/mol. The first kappa shape index (κ1) is 43.3. The zero-order valence-electron chi connectivity index (χ0n) is 42.8. The highest BCUT2D eigenvalue weighted by Crippen LogP contribution is 2.53. The molecule has 0 saturated carbocycles. The van der Waals surface area contributed by atoms with Crippen LogP contribution in [-0.4, -0.2) is 6.71 Å². The van der Waals surface area contributed by atoms with Gasteiger partial charge < -0.3 is 14.2 Å². The second-order valence-corrected chi connectivity index (χ2v) is 24.8. The lowest BCUT2D eigenvalue weighted by Crippen LogP contribution is -2.62. The minimum atomic E-state index is -0.0987. The van der Waals surface area contributed by atoms with Gasteiger partial charge in [-0.25, -0.2) is 0 Å². The summed E-state index contributed by atoms with van der Waals surface area (Å²) in [7, 11) is 0. The topological polar surface area (TPSA) is 19.6 Å². The van der Waals surface area contributed by atoms with E-state index in [-0.39, 0.29) is 33.8 Å². The van der Waals surface area contributed by atoms with E-state index in [1.54, 1.807) is 0 Å². The fourth-order valence-corrected chi connectivity index (χ4v) is 12.9. The molecule has 0 atom stereocenters. The van der Waals surface area contributed by atoms with E-state index in [0.29, 0.717) is 0 Å². The van der Waals surface area contributed by atoms with Crippen LogP contribution in [0.1, 0.15) is 141 Å². The minimum Gasteiger partial charge on any atom is -0.457 e. The summed E-state index contributed by atoms with van der Waals surface area (Å²) in [6.07, 6.45) is 4.64. The Morgan fingerprint density at radius 1 is 0.456 bits per heavy atom. The molecule has 7 aromatic carbocycles. The van der Waals surface area contributed by atoms with Crippen LogP contribution in [0.25, 0.3) is 33.1 Å². The second kappa shape index (κ2) is 14.3. The lowest BCUT2D eigenvalue weighted by Gasteiger charge is -2.47. The van der Waals surface area contributed by atoms with Crippen molar-refractivity contribution in [1.29, 1.82) is 0 Å². The van der Waals surface area contributed by atoms with Gasteiger partial charge in [-0.2, -0.15) is 0 Å². The van der Waals surface area contributed by atoms with Crippen LogP contribution < -0.4 is 26.2 Å². The summed E-state index contributed by atoms with van der Waals surface area (Å²) in [6, 6.07) is 47.2. The number of rotatable bonds is 3. The van der Waals surface area contributed by atoms with Crippen molar-refractivity contribution in [3.8, 4) is 11.1 Å². The van der Waals surface area contributed by atoms with Gasteiger partial charge in [-0.05, 0) is 188 Å². The molecule has 0 N–H and O–H groups in total. The number of aryl methyl sites for hydroxylation is 2. The van der Waals surface area contributed by atoms with Crippen molar-refractivity contribution in [3.05, 3.63) is 160 Å². The van der Waals surface area contributed by atoms with Gasteiger partial charge in [0.25, 0.3) is 6.71 Å². The lowest BCUT2D eigenvalue weighted by molar-refractivity contribution is 0.332. The minimum absolute atomic E-state index is 0.0179. The number of nitrogens with zero attached hydrogens (tertiary/aromatic N) is 2. The first-order valence-corrected chi connectivity index (χ1v) is 25.4. The molecule has 0 spiro atoms. The molecule has 3 nitrogen and oxygen atoms in total. The first-order chi connectivity index (χ1) is 32.1. The van der Waals surface area contributed by atoms with Crippen LogP contribution in [0.2, 0.25) is 0 Å². The summed E-state index contributed by atoms with van der Waals surface area (Å²) in [4.78, 5) is 5.25. The van der Waals surface area contributed by atoms with Crippen molar-refractivity contribution in [3.63, 3.8) is 0 Å². The summed E-state index contributed by atoms with van der Waals surface area (Å²) < 4.78 is 7.53. The molecule has 342 valence electrons. The number of para-hydroxylation sites is 1. The third-order valence-corrected chi connectivity index (χ3v) is 17.4. The maximum absolute atomic E-state index is 7.53. The summed E-state index contributed by atoms with van der Waals surface area (Å²) in [5.74, 6) is 0. The van der Waals surface area contributed by atoms with E-state index in [2.05, 4.69) is 221 Å². The molecule has 1 aromatic heterocycles. The largest absolute Gasteiger partial charge is 0.457 e. The van der Waals surface area contributed by atoms with Gasteiger partial charge in [0, 0.05) is 44.9 Å². The molecule has 68 heavy (non-hydrogen) atoms. The lowest BCUT2D eigenvalue weighted by atomic mass is 9.32. The molecule has 0 amide bonds. The van der Waals surface area contributed by atoms with Gasteiger partial charge in [-0.3, -0.25) is 0 Å². The fraction of sp³-hybridized carbons (Fsp3) is 0.344. The number of fused-ring (bicyclic) bond motifs is 10. The van der Waals surface area contributed by atoms with Crippen molar-refractivity contribution in [2.45, 2.75) is 143 Å². The number of benzene rings is 7. The van der Waals surface area contributed by atoms with E-state index in [1.807, 2.05) is 0 Å². The number of anilines is 6. The molecular formula is C64H67BN2O. The molecule has 4 heteroatoms. The highest BCUT2D eigenvalue weighted by Gasteiger charge is 2.48. The van der Waals surface area contributed by atoms with Crippen LogP contribution in [0.3, 0.4) is 0 Å². The van der Waals surface area contributed by atoms with Crippen molar-refractivity contribution in [2.75, 3.05) is 9.80 Å². The van der Waals surface area contributed by atoms with Gasteiger partial charge in [0.15, 0.2) is 0 Å². The standard InChI is InChI=1S/C64H67BN2O/c1-38-19-17-18-22-50(38)66-52-26-24-43-44-34-45-48(64(12,13)30-27-61(45,6)7)37-56(44)68-59(43)58(52)65-49-35-46-47(63(10,11)29-28-62(46,8)9)36-53(49)67(51-25-23-42(31-39(51)2)60(3,4)5)55-33-41(32-54(66)57(55)65)40-20-15-14-16-21-40/h14-26,31-37H,27-30H2,1-13H3. The van der Waals surface area contributed by atoms with Gasteiger partial charge in [0.2, 0.25) is 0 Å². The van der Waals surface area contributed by atoms with Crippen molar-refractivity contribution >= 4 is 79.2 Å². The normalized spacial score (nSPS) is 18.2. The first-order valence-electron chi connectivity index (χ1n) is 25.4. The molecule has 2 aliphatic heterocycles. The van der Waals surface area contributed by atoms with E-state index < -0.39 is 0 Å². The summed E-state index contributed by atoms with van der Waals surface area (Å²) in [5.41, 5.74) is 25.6. The molecule has 3 heterocycles. The molecule has 2 aliphatic carbocycles. The zero-order valence-corrected chi connectivity index (χ0v) is 42.8. The highest BCUT2D eigenvalue weighted by molar-refractivity contribution is 7.01. The number of hydrogen-bond donors (Lipinski definition) is 0. The maximum atomic E-state index is 7.53. The van der Waals surface area contributed by atoms with Crippen LogP contribution in [0.4, 0.5) is 34.1 Å². The van der Waals surface area contributed by atoms with Gasteiger partial charge in [-0.15, -0.1) is 0 Å². The van der Waals surface area contributed by atoms with Crippen molar-refractivity contribution < 1.29 is 4.42 Å². The van der Waals surface area contributed by atoms with Crippen LogP contribution in [-0.2, 0) is 27.1 Å². The third-order valence-electron chi connectivity index (χ3n) is 17.4. The maximum Gasteiger partial charge on any atom is 0.257 e. The molecule has 12 rings (SSSR count). The summed E-state index contributed by atoms with van der Waals surface area (Å²) in [6.45, 7) is 31.1. The average molecular weight is 891 g/mol.